The number of carbonyl (C=O) groups excluding carboxylic acids is 1. The molecule has 1 aromatic heterocycles. The van der Waals surface area contributed by atoms with E-state index in [-0.39, 0.29) is 11.5 Å². The summed E-state index contributed by atoms with van der Waals surface area (Å²) in [5, 5.41) is 3.76. The molecule has 0 bridgehead atoms. The van der Waals surface area contributed by atoms with Gasteiger partial charge >= 0.3 is 5.97 Å². The molecule has 7 heteroatoms. The van der Waals surface area contributed by atoms with Crippen LogP contribution in [0.2, 0.25) is 0 Å². The highest BCUT2D eigenvalue weighted by molar-refractivity contribution is 7.99. The van der Waals surface area contributed by atoms with Gasteiger partial charge in [-0.15, -0.1) is 0 Å². The average Bonchev–Trinajstić information content (AvgIpc) is 2.43. The Morgan fingerprint density at radius 2 is 2.35 bits per heavy atom. The third kappa shape index (κ3) is 4.97. The van der Waals surface area contributed by atoms with Crippen LogP contribution in [-0.4, -0.2) is 40.9 Å². The minimum atomic E-state index is -0.665. The standard InChI is InChI=1S/C13H21N3O3S/c1-4-15-13(2,11(18)19-3)7-5-9-20-12-14-8-6-10(17)16-12/h6,8,15H,4-5,7,9H2,1-3H3,(H,14,16,17). The molecule has 20 heavy (non-hydrogen) atoms. The predicted molar refractivity (Wildman–Crippen MR) is 78.9 cm³/mol. The van der Waals surface area contributed by atoms with E-state index >= 15 is 0 Å². The summed E-state index contributed by atoms with van der Waals surface area (Å²) in [5.41, 5.74) is -0.823. The molecular formula is C13H21N3O3S. The lowest BCUT2D eigenvalue weighted by Gasteiger charge is -2.27. The molecular weight excluding hydrogens is 278 g/mol. The monoisotopic (exact) mass is 299 g/mol. The Morgan fingerprint density at radius 3 is 2.95 bits per heavy atom. The first-order chi connectivity index (χ1) is 9.51. The van der Waals surface area contributed by atoms with Crippen LogP contribution in [0, 0.1) is 0 Å². The maximum absolute atomic E-state index is 11.8. The lowest BCUT2D eigenvalue weighted by Crippen LogP contribution is -2.50. The van der Waals surface area contributed by atoms with Crippen molar-refractivity contribution in [3.05, 3.63) is 22.6 Å². The fourth-order valence-electron chi connectivity index (χ4n) is 1.90. The number of nitrogens with one attached hydrogen (secondary N) is 2. The Bertz CT molecular complexity index is 492. The van der Waals surface area contributed by atoms with Crippen molar-refractivity contribution >= 4 is 17.7 Å². The molecule has 0 aliphatic rings. The number of aromatic amines is 1. The SMILES string of the molecule is CCNC(C)(CCCSc1nccc(=O)[nH]1)C(=O)OC. The van der Waals surface area contributed by atoms with E-state index in [1.54, 1.807) is 0 Å². The second kappa shape index (κ2) is 8.06. The van der Waals surface area contributed by atoms with Crippen molar-refractivity contribution in [2.45, 2.75) is 37.4 Å². The van der Waals surface area contributed by atoms with Crippen LogP contribution < -0.4 is 10.9 Å². The summed E-state index contributed by atoms with van der Waals surface area (Å²) in [4.78, 5) is 29.6. The van der Waals surface area contributed by atoms with Gasteiger partial charge in [0.25, 0.3) is 5.56 Å². The van der Waals surface area contributed by atoms with Crippen LogP contribution in [0.15, 0.2) is 22.2 Å². The van der Waals surface area contributed by atoms with Gasteiger partial charge in [-0.25, -0.2) is 4.98 Å². The van der Waals surface area contributed by atoms with Crippen molar-refractivity contribution in [1.82, 2.24) is 15.3 Å². The van der Waals surface area contributed by atoms with E-state index in [0.29, 0.717) is 18.1 Å². The van der Waals surface area contributed by atoms with Gasteiger partial charge in [0.1, 0.15) is 5.54 Å². The molecule has 6 nitrogen and oxygen atoms in total. The number of methoxy groups -OCH3 is 1. The summed E-state index contributed by atoms with van der Waals surface area (Å²) in [6.07, 6.45) is 2.96. The molecule has 112 valence electrons. The second-order valence-corrected chi connectivity index (χ2v) is 5.63. The van der Waals surface area contributed by atoms with E-state index in [0.717, 1.165) is 12.2 Å². The quantitative estimate of drug-likeness (QED) is 0.324. The number of rotatable bonds is 8. The minimum Gasteiger partial charge on any atom is -0.468 e. The summed E-state index contributed by atoms with van der Waals surface area (Å²) >= 11 is 1.47. The number of hydrogen-bond donors (Lipinski definition) is 2. The Morgan fingerprint density at radius 1 is 1.60 bits per heavy atom. The summed E-state index contributed by atoms with van der Waals surface area (Å²) < 4.78 is 4.83. The molecule has 0 spiro atoms. The molecule has 1 atom stereocenters. The van der Waals surface area contributed by atoms with E-state index < -0.39 is 5.54 Å². The zero-order valence-electron chi connectivity index (χ0n) is 12.1. The normalized spacial score (nSPS) is 13.8. The Kier molecular flexibility index (Phi) is 6.74. The molecule has 0 aromatic carbocycles. The molecule has 1 aromatic rings. The average molecular weight is 299 g/mol. The molecule has 1 unspecified atom stereocenters. The number of H-pyrrole nitrogens is 1. The Balaban J connectivity index is 2.45. The van der Waals surface area contributed by atoms with E-state index in [1.807, 2.05) is 13.8 Å². The summed E-state index contributed by atoms with van der Waals surface area (Å²) in [7, 11) is 1.39. The van der Waals surface area contributed by atoms with Gasteiger partial charge in [-0.2, -0.15) is 0 Å². The first kappa shape index (κ1) is 16.7. The van der Waals surface area contributed by atoms with Crippen molar-refractivity contribution in [1.29, 1.82) is 0 Å². The zero-order chi connectivity index (χ0) is 15.0. The summed E-state index contributed by atoms with van der Waals surface area (Å²) in [5.74, 6) is 0.515. The van der Waals surface area contributed by atoms with Gasteiger partial charge in [0.15, 0.2) is 5.16 Å². The zero-order valence-corrected chi connectivity index (χ0v) is 12.9. The molecule has 0 aliphatic carbocycles. The number of thioether (sulfide) groups is 1. The predicted octanol–water partition coefficient (Wildman–Crippen LogP) is 1.18. The highest BCUT2D eigenvalue weighted by Crippen LogP contribution is 2.19. The number of hydrogen-bond acceptors (Lipinski definition) is 6. The molecule has 0 saturated heterocycles. The maximum atomic E-state index is 11.8. The molecule has 0 aliphatic heterocycles. The van der Waals surface area contributed by atoms with Gasteiger partial charge in [0.2, 0.25) is 0 Å². The van der Waals surface area contributed by atoms with Crippen LogP contribution in [0.25, 0.3) is 0 Å². The van der Waals surface area contributed by atoms with E-state index in [1.165, 1.54) is 31.1 Å². The van der Waals surface area contributed by atoms with E-state index in [4.69, 9.17) is 4.74 Å². The molecule has 0 amide bonds. The van der Waals surface area contributed by atoms with Crippen molar-refractivity contribution in [3.63, 3.8) is 0 Å². The molecule has 1 heterocycles. The number of nitrogens with zero attached hydrogens (tertiary/aromatic N) is 1. The van der Waals surface area contributed by atoms with Gasteiger partial charge in [-0.05, 0) is 26.3 Å². The fraction of sp³-hybridized carbons (Fsp3) is 0.615. The van der Waals surface area contributed by atoms with Crippen LogP contribution in [0.5, 0.6) is 0 Å². The van der Waals surface area contributed by atoms with Gasteiger partial charge in [-0.1, -0.05) is 18.7 Å². The molecule has 0 fully saturated rings. The maximum Gasteiger partial charge on any atom is 0.325 e. The molecule has 1 rings (SSSR count). The molecule has 0 saturated carbocycles. The third-order valence-electron chi connectivity index (χ3n) is 2.91. The minimum absolute atomic E-state index is 0.158. The van der Waals surface area contributed by atoms with Gasteiger partial charge in [0, 0.05) is 18.0 Å². The van der Waals surface area contributed by atoms with Crippen LogP contribution in [-0.2, 0) is 9.53 Å². The first-order valence-corrected chi connectivity index (χ1v) is 7.52. The van der Waals surface area contributed by atoms with Gasteiger partial charge in [0.05, 0.1) is 7.11 Å². The van der Waals surface area contributed by atoms with Crippen molar-refractivity contribution in [2.24, 2.45) is 0 Å². The number of esters is 1. The largest absolute Gasteiger partial charge is 0.468 e. The van der Waals surface area contributed by atoms with Crippen LogP contribution in [0.4, 0.5) is 0 Å². The van der Waals surface area contributed by atoms with Crippen molar-refractivity contribution in [3.8, 4) is 0 Å². The number of aromatic nitrogens is 2. The topological polar surface area (TPSA) is 84.1 Å². The van der Waals surface area contributed by atoms with E-state index in [2.05, 4.69) is 15.3 Å². The highest BCUT2D eigenvalue weighted by atomic mass is 32.2. The summed E-state index contributed by atoms with van der Waals surface area (Å²) in [6.45, 7) is 4.50. The van der Waals surface area contributed by atoms with Crippen LogP contribution >= 0.6 is 11.8 Å². The molecule has 0 radical (unpaired) electrons. The van der Waals surface area contributed by atoms with Crippen molar-refractivity contribution in [2.75, 3.05) is 19.4 Å². The smallest absolute Gasteiger partial charge is 0.325 e. The lowest BCUT2D eigenvalue weighted by molar-refractivity contribution is -0.148. The number of likely N-dealkylation sites (N-methyl/N-ethyl adjacent to an activating group) is 1. The number of carbonyl (C=O) groups is 1. The third-order valence-corrected chi connectivity index (χ3v) is 3.88. The second-order valence-electron chi connectivity index (χ2n) is 4.55. The number of ether oxygens (including phenoxy) is 1. The van der Waals surface area contributed by atoms with E-state index in [9.17, 15) is 9.59 Å². The highest BCUT2D eigenvalue weighted by Gasteiger charge is 2.32. The summed E-state index contributed by atoms with van der Waals surface area (Å²) in [6, 6.07) is 1.38. The first-order valence-electron chi connectivity index (χ1n) is 6.53. The fourth-order valence-corrected chi connectivity index (χ4v) is 2.69. The Hall–Kier alpha value is -1.34. The van der Waals surface area contributed by atoms with Crippen LogP contribution in [0.3, 0.4) is 0 Å². The van der Waals surface area contributed by atoms with Gasteiger partial charge in [-0.3, -0.25) is 9.59 Å². The lowest BCUT2D eigenvalue weighted by atomic mass is 9.96. The van der Waals surface area contributed by atoms with Crippen molar-refractivity contribution < 1.29 is 9.53 Å². The Labute approximate surface area is 122 Å². The van der Waals surface area contributed by atoms with Gasteiger partial charge < -0.3 is 15.0 Å². The molecule has 2 N–H and O–H groups in total. The van der Waals surface area contributed by atoms with Crippen LogP contribution in [0.1, 0.15) is 26.7 Å².